The number of aryl methyl sites for hydroxylation is 1. The summed E-state index contributed by atoms with van der Waals surface area (Å²) in [7, 11) is 0. The summed E-state index contributed by atoms with van der Waals surface area (Å²) < 4.78 is 0. The molecule has 0 saturated carbocycles. The summed E-state index contributed by atoms with van der Waals surface area (Å²) in [5.41, 5.74) is 3.65. The monoisotopic (exact) mass is 289 g/mol. The Labute approximate surface area is 123 Å². The van der Waals surface area contributed by atoms with E-state index in [1.54, 1.807) is 0 Å². The van der Waals surface area contributed by atoms with Crippen molar-refractivity contribution in [3.63, 3.8) is 0 Å². The minimum Gasteiger partial charge on any atom is -0.377 e. The van der Waals surface area contributed by atoms with Crippen molar-refractivity contribution in [2.75, 3.05) is 11.1 Å². The lowest BCUT2D eigenvalue weighted by atomic mass is 10.0. The Morgan fingerprint density at radius 2 is 2.05 bits per heavy atom. The first-order valence-electron chi connectivity index (χ1n) is 6.48. The first kappa shape index (κ1) is 12.9. The molecular formula is C16H16ClNS. The number of benzene rings is 2. The van der Waals surface area contributed by atoms with Gasteiger partial charge in [-0.15, -0.1) is 11.8 Å². The second kappa shape index (κ2) is 5.48. The molecule has 1 unspecified atom stereocenters. The van der Waals surface area contributed by atoms with Gasteiger partial charge in [0.2, 0.25) is 0 Å². The van der Waals surface area contributed by atoms with Crippen molar-refractivity contribution >= 4 is 29.1 Å². The second-order valence-corrected chi connectivity index (χ2v) is 6.40. The zero-order valence-corrected chi connectivity index (χ0v) is 12.4. The van der Waals surface area contributed by atoms with Crippen LogP contribution in [0.1, 0.15) is 23.6 Å². The molecule has 0 radical (unpaired) electrons. The molecular weight excluding hydrogens is 274 g/mol. The van der Waals surface area contributed by atoms with Gasteiger partial charge in [0.05, 0.1) is 16.8 Å². The Morgan fingerprint density at radius 3 is 2.95 bits per heavy atom. The molecule has 0 aliphatic carbocycles. The molecule has 0 spiro atoms. The van der Waals surface area contributed by atoms with Crippen molar-refractivity contribution in [1.82, 2.24) is 0 Å². The highest BCUT2D eigenvalue weighted by Crippen LogP contribution is 2.38. The van der Waals surface area contributed by atoms with Crippen LogP contribution in [-0.2, 0) is 0 Å². The SMILES string of the molecule is Cc1ccc(Cl)c(NC2CCSc3ccccc32)c1. The lowest BCUT2D eigenvalue weighted by molar-refractivity contribution is 0.728. The second-order valence-electron chi connectivity index (χ2n) is 4.86. The van der Waals surface area contributed by atoms with Crippen LogP contribution >= 0.6 is 23.4 Å². The first-order valence-corrected chi connectivity index (χ1v) is 7.85. The molecule has 0 bridgehead atoms. The third-order valence-corrected chi connectivity index (χ3v) is 4.86. The highest BCUT2D eigenvalue weighted by atomic mass is 35.5. The van der Waals surface area contributed by atoms with Gasteiger partial charge in [-0.25, -0.2) is 0 Å². The third kappa shape index (κ3) is 2.75. The van der Waals surface area contributed by atoms with Gasteiger partial charge in [0.15, 0.2) is 0 Å². The van der Waals surface area contributed by atoms with Crippen LogP contribution in [-0.4, -0.2) is 5.75 Å². The summed E-state index contributed by atoms with van der Waals surface area (Å²) in [4.78, 5) is 1.38. The number of halogens is 1. The van der Waals surface area contributed by atoms with Gasteiger partial charge in [-0.05, 0) is 42.7 Å². The highest BCUT2D eigenvalue weighted by Gasteiger charge is 2.20. The molecule has 1 aliphatic rings. The fourth-order valence-electron chi connectivity index (χ4n) is 2.43. The molecule has 1 nitrogen and oxygen atoms in total. The summed E-state index contributed by atoms with van der Waals surface area (Å²) in [6, 6.07) is 15.1. The Bertz CT molecular complexity index is 597. The molecule has 0 aromatic heterocycles. The van der Waals surface area contributed by atoms with E-state index in [0.29, 0.717) is 6.04 Å². The fourth-order valence-corrected chi connectivity index (χ4v) is 3.73. The molecule has 2 aromatic rings. The Kier molecular flexibility index (Phi) is 3.72. The van der Waals surface area contributed by atoms with Crippen LogP contribution in [0, 0.1) is 6.92 Å². The maximum atomic E-state index is 6.27. The van der Waals surface area contributed by atoms with E-state index in [0.717, 1.165) is 22.9 Å². The van der Waals surface area contributed by atoms with E-state index in [2.05, 4.69) is 42.6 Å². The first-order chi connectivity index (χ1) is 9.24. The average Bonchev–Trinajstić information content (AvgIpc) is 2.43. The minimum absolute atomic E-state index is 0.358. The normalized spacial score (nSPS) is 17.9. The minimum atomic E-state index is 0.358. The predicted molar refractivity (Wildman–Crippen MR) is 84.3 cm³/mol. The van der Waals surface area contributed by atoms with Gasteiger partial charge < -0.3 is 5.32 Å². The molecule has 1 N–H and O–H groups in total. The van der Waals surface area contributed by atoms with Crippen LogP contribution in [0.3, 0.4) is 0 Å². The van der Waals surface area contributed by atoms with Gasteiger partial charge >= 0.3 is 0 Å². The molecule has 1 aliphatic heterocycles. The van der Waals surface area contributed by atoms with E-state index >= 15 is 0 Å². The molecule has 2 aromatic carbocycles. The van der Waals surface area contributed by atoms with Crippen molar-refractivity contribution in [2.24, 2.45) is 0 Å². The number of hydrogen-bond donors (Lipinski definition) is 1. The van der Waals surface area contributed by atoms with Crippen LogP contribution in [0.5, 0.6) is 0 Å². The zero-order valence-electron chi connectivity index (χ0n) is 10.8. The third-order valence-electron chi connectivity index (χ3n) is 3.41. The summed E-state index contributed by atoms with van der Waals surface area (Å²) in [5.74, 6) is 1.15. The van der Waals surface area contributed by atoms with E-state index in [9.17, 15) is 0 Å². The largest absolute Gasteiger partial charge is 0.377 e. The van der Waals surface area contributed by atoms with Crippen molar-refractivity contribution < 1.29 is 0 Å². The van der Waals surface area contributed by atoms with E-state index in [4.69, 9.17) is 11.6 Å². The van der Waals surface area contributed by atoms with Gasteiger partial charge in [-0.1, -0.05) is 35.9 Å². The number of hydrogen-bond acceptors (Lipinski definition) is 2. The van der Waals surface area contributed by atoms with Crippen LogP contribution < -0.4 is 5.32 Å². The van der Waals surface area contributed by atoms with Crippen LogP contribution in [0.4, 0.5) is 5.69 Å². The molecule has 98 valence electrons. The van der Waals surface area contributed by atoms with Crippen LogP contribution in [0.15, 0.2) is 47.4 Å². The maximum Gasteiger partial charge on any atom is 0.0637 e. The fraction of sp³-hybridized carbons (Fsp3) is 0.250. The summed E-state index contributed by atoms with van der Waals surface area (Å²) in [5, 5.41) is 4.39. The van der Waals surface area contributed by atoms with Crippen molar-refractivity contribution in [3.8, 4) is 0 Å². The Balaban J connectivity index is 1.90. The van der Waals surface area contributed by atoms with Gasteiger partial charge in [-0.2, -0.15) is 0 Å². The molecule has 1 heterocycles. The van der Waals surface area contributed by atoms with Gasteiger partial charge in [0.25, 0.3) is 0 Å². The number of thioether (sulfide) groups is 1. The van der Waals surface area contributed by atoms with Gasteiger partial charge in [0.1, 0.15) is 0 Å². The average molecular weight is 290 g/mol. The zero-order chi connectivity index (χ0) is 13.2. The van der Waals surface area contributed by atoms with Crippen molar-refractivity contribution in [3.05, 3.63) is 58.6 Å². The van der Waals surface area contributed by atoms with Crippen molar-refractivity contribution in [1.29, 1.82) is 0 Å². The molecule has 1 atom stereocenters. The van der Waals surface area contributed by atoms with E-state index in [1.165, 1.54) is 16.0 Å². The Morgan fingerprint density at radius 1 is 1.21 bits per heavy atom. The van der Waals surface area contributed by atoms with Crippen LogP contribution in [0.25, 0.3) is 0 Å². The quantitative estimate of drug-likeness (QED) is 0.805. The molecule has 0 amide bonds. The molecule has 19 heavy (non-hydrogen) atoms. The van der Waals surface area contributed by atoms with Gasteiger partial charge in [-0.3, -0.25) is 0 Å². The smallest absolute Gasteiger partial charge is 0.0637 e. The molecule has 0 saturated heterocycles. The highest BCUT2D eigenvalue weighted by molar-refractivity contribution is 7.99. The van der Waals surface area contributed by atoms with Crippen molar-refractivity contribution in [2.45, 2.75) is 24.3 Å². The number of fused-ring (bicyclic) bond motifs is 1. The number of anilines is 1. The van der Waals surface area contributed by atoms with Crippen LogP contribution in [0.2, 0.25) is 5.02 Å². The summed E-state index contributed by atoms with van der Waals surface area (Å²) in [6.07, 6.45) is 1.13. The lowest BCUT2D eigenvalue weighted by Gasteiger charge is -2.27. The topological polar surface area (TPSA) is 12.0 Å². The summed E-state index contributed by atoms with van der Waals surface area (Å²) in [6.45, 7) is 2.09. The van der Waals surface area contributed by atoms with E-state index < -0.39 is 0 Å². The van der Waals surface area contributed by atoms with E-state index in [1.807, 2.05) is 23.9 Å². The predicted octanol–water partition coefficient (Wildman–Crippen LogP) is 5.30. The van der Waals surface area contributed by atoms with Gasteiger partial charge in [0, 0.05) is 10.6 Å². The Hall–Kier alpha value is -1.12. The summed E-state index contributed by atoms with van der Waals surface area (Å²) >= 11 is 8.21. The molecule has 3 rings (SSSR count). The standard InChI is InChI=1S/C16H16ClNS/c1-11-6-7-13(17)15(10-11)18-14-8-9-19-16-5-3-2-4-12(14)16/h2-7,10,14,18H,8-9H2,1H3. The molecule has 3 heteroatoms. The number of nitrogens with one attached hydrogen (secondary N) is 1. The maximum absolute atomic E-state index is 6.27. The van der Waals surface area contributed by atoms with E-state index in [-0.39, 0.29) is 0 Å². The lowest BCUT2D eigenvalue weighted by Crippen LogP contribution is -2.16. The molecule has 0 fully saturated rings. The number of rotatable bonds is 2.